The highest BCUT2D eigenvalue weighted by molar-refractivity contribution is 9.10. The molecular formula is C19H15BrO. The Morgan fingerprint density at radius 1 is 0.619 bits per heavy atom. The van der Waals surface area contributed by atoms with Crippen LogP contribution < -0.4 is 0 Å². The van der Waals surface area contributed by atoms with E-state index in [2.05, 4.69) is 40.2 Å². The average molecular weight is 339 g/mol. The summed E-state index contributed by atoms with van der Waals surface area (Å²) in [5, 5.41) is 10.3. The fraction of sp³-hybridized carbons (Fsp3) is 0.0526. The van der Waals surface area contributed by atoms with Crippen molar-refractivity contribution in [3.63, 3.8) is 0 Å². The molecule has 104 valence electrons. The Morgan fingerprint density at radius 2 is 1.05 bits per heavy atom. The summed E-state index contributed by atoms with van der Waals surface area (Å²) in [5.41, 5.74) is 3.00. The van der Waals surface area contributed by atoms with E-state index in [-0.39, 0.29) is 5.75 Å². The Labute approximate surface area is 133 Å². The van der Waals surface area contributed by atoms with Gasteiger partial charge in [0, 0.05) is 5.56 Å². The van der Waals surface area contributed by atoms with Gasteiger partial charge in [0.05, 0.1) is 0 Å². The Bertz CT molecular complexity index is 683. The molecule has 0 heterocycles. The summed E-state index contributed by atoms with van der Waals surface area (Å²) in [6, 6.07) is 27.7. The third-order valence-corrected chi connectivity index (χ3v) is 4.96. The first kappa shape index (κ1) is 13.9. The van der Waals surface area contributed by atoms with Crippen LogP contribution in [0.4, 0.5) is 0 Å². The molecule has 0 spiro atoms. The number of rotatable bonds is 3. The number of hydrogen-bond donors (Lipinski definition) is 1. The highest BCUT2D eigenvalue weighted by Crippen LogP contribution is 2.47. The molecule has 0 unspecified atom stereocenters. The average Bonchev–Trinajstić information content (AvgIpc) is 2.56. The van der Waals surface area contributed by atoms with E-state index in [0.717, 1.165) is 16.7 Å². The van der Waals surface area contributed by atoms with Crippen molar-refractivity contribution in [1.82, 2.24) is 0 Å². The molecular weight excluding hydrogens is 324 g/mol. The van der Waals surface area contributed by atoms with E-state index in [9.17, 15) is 5.11 Å². The van der Waals surface area contributed by atoms with Crippen molar-refractivity contribution in [2.75, 3.05) is 0 Å². The number of alkyl halides is 1. The predicted molar refractivity (Wildman–Crippen MR) is 89.8 cm³/mol. The number of phenols is 1. The van der Waals surface area contributed by atoms with Crippen molar-refractivity contribution in [2.45, 2.75) is 4.32 Å². The molecule has 0 bridgehead atoms. The summed E-state index contributed by atoms with van der Waals surface area (Å²) in [6.07, 6.45) is 0. The van der Waals surface area contributed by atoms with E-state index in [1.54, 1.807) is 6.07 Å². The lowest BCUT2D eigenvalue weighted by atomic mass is 9.84. The fourth-order valence-electron chi connectivity index (χ4n) is 2.58. The van der Waals surface area contributed by atoms with Crippen LogP contribution in [0.2, 0.25) is 0 Å². The van der Waals surface area contributed by atoms with Crippen LogP contribution in [0.25, 0.3) is 0 Å². The molecule has 0 amide bonds. The zero-order valence-electron chi connectivity index (χ0n) is 11.4. The number of hydrogen-bond acceptors (Lipinski definition) is 1. The Kier molecular flexibility index (Phi) is 3.80. The number of phenolic OH excluding ortho intramolecular Hbond substituents is 1. The van der Waals surface area contributed by atoms with Crippen molar-refractivity contribution in [1.29, 1.82) is 0 Å². The van der Waals surface area contributed by atoms with Gasteiger partial charge in [0.2, 0.25) is 0 Å². The molecule has 3 aromatic carbocycles. The number of aromatic hydroxyl groups is 1. The van der Waals surface area contributed by atoms with Crippen molar-refractivity contribution in [3.8, 4) is 5.75 Å². The first-order valence-electron chi connectivity index (χ1n) is 6.81. The topological polar surface area (TPSA) is 20.2 Å². The van der Waals surface area contributed by atoms with Gasteiger partial charge in [0.15, 0.2) is 0 Å². The summed E-state index contributed by atoms with van der Waals surface area (Å²) in [7, 11) is 0. The maximum absolute atomic E-state index is 10.3. The SMILES string of the molecule is Oc1ccccc1C(Br)(c1ccccc1)c1ccccc1. The molecule has 0 saturated heterocycles. The quantitative estimate of drug-likeness (QED) is 0.521. The summed E-state index contributed by atoms with van der Waals surface area (Å²) in [6.45, 7) is 0. The molecule has 1 N–H and O–H groups in total. The summed E-state index contributed by atoms with van der Waals surface area (Å²) in [5.74, 6) is 0.280. The van der Waals surface area contributed by atoms with Crippen LogP contribution in [0.15, 0.2) is 84.9 Å². The first-order chi connectivity index (χ1) is 10.2. The van der Waals surface area contributed by atoms with Crippen molar-refractivity contribution in [3.05, 3.63) is 102 Å². The number of para-hydroxylation sites is 1. The second-order valence-corrected chi connectivity index (χ2v) is 6.10. The molecule has 0 aliphatic heterocycles. The van der Waals surface area contributed by atoms with E-state index >= 15 is 0 Å². The number of halogens is 1. The van der Waals surface area contributed by atoms with Crippen LogP contribution in [-0.4, -0.2) is 5.11 Å². The van der Waals surface area contributed by atoms with E-state index in [1.807, 2.05) is 54.6 Å². The molecule has 0 radical (unpaired) electrons. The van der Waals surface area contributed by atoms with Crippen LogP contribution in [0.5, 0.6) is 5.75 Å². The smallest absolute Gasteiger partial charge is 0.120 e. The van der Waals surface area contributed by atoms with Gasteiger partial charge in [-0.3, -0.25) is 0 Å². The Balaban J connectivity index is 2.29. The molecule has 0 saturated carbocycles. The zero-order chi connectivity index (χ0) is 14.7. The van der Waals surface area contributed by atoms with E-state index in [4.69, 9.17) is 0 Å². The Morgan fingerprint density at radius 3 is 1.52 bits per heavy atom. The third-order valence-electron chi connectivity index (χ3n) is 3.62. The Hall–Kier alpha value is -2.06. The van der Waals surface area contributed by atoms with Gasteiger partial charge in [0.1, 0.15) is 10.1 Å². The van der Waals surface area contributed by atoms with Crippen LogP contribution in [0, 0.1) is 0 Å². The molecule has 0 fully saturated rings. The molecule has 0 atom stereocenters. The highest BCUT2D eigenvalue weighted by atomic mass is 79.9. The van der Waals surface area contributed by atoms with Gasteiger partial charge >= 0.3 is 0 Å². The normalized spacial score (nSPS) is 11.3. The third kappa shape index (κ3) is 2.47. The molecule has 1 nitrogen and oxygen atoms in total. The van der Waals surface area contributed by atoms with Crippen LogP contribution in [-0.2, 0) is 4.32 Å². The van der Waals surface area contributed by atoms with Gasteiger partial charge in [-0.15, -0.1) is 0 Å². The predicted octanol–water partition coefficient (Wildman–Crippen LogP) is 5.08. The van der Waals surface area contributed by atoms with Gasteiger partial charge in [-0.2, -0.15) is 0 Å². The summed E-state index contributed by atoms with van der Waals surface area (Å²) < 4.78 is -0.569. The summed E-state index contributed by atoms with van der Waals surface area (Å²) in [4.78, 5) is 0. The molecule has 21 heavy (non-hydrogen) atoms. The maximum atomic E-state index is 10.3. The van der Waals surface area contributed by atoms with E-state index in [0.29, 0.717) is 0 Å². The van der Waals surface area contributed by atoms with Gasteiger partial charge in [0.25, 0.3) is 0 Å². The first-order valence-corrected chi connectivity index (χ1v) is 7.60. The van der Waals surface area contributed by atoms with Gasteiger partial charge in [-0.1, -0.05) is 94.8 Å². The fourth-order valence-corrected chi connectivity index (χ4v) is 3.44. The zero-order valence-corrected chi connectivity index (χ0v) is 13.0. The monoisotopic (exact) mass is 338 g/mol. The lowest BCUT2D eigenvalue weighted by molar-refractivity contribution is 0.466. The van der Waals surface area contributed by atoms with Gasteiger partial charge in [-0.25, -0.2) is 0 Å². The van der Waals surface area contributed by atoms with Crippen LogP contribution >= 0.6 is 15.9 Å². The minimum absolute atomic E-state index is 0.280. The highest BCUT2D eigenvalue weighted by Gasteiger charge is 2.35. The molecule has 0 aromatic heterocycles. The van der Waals surface area contributed by atoms with Crippen LogP contribution in [0.3, 0.4) is 0 Å². The van der Waals surface area contributed by atoms with E-state index in [1.165, 1.54) is 0 Å². The van der Waals surface area contributed by atoms with Crippen molar-refractivity contribution >= 4 is 15.9 Å². The van der Waals surface area contributed by atoms with Crippen molar-refractivity contribution < 1.29 is 5.11 Å². The van der Waals surface area contributed by atoms with Gasteiger partial charge < -0.3 is 5.11 Å². The summed E-state index contributed by atoms with van der Waals surface area (Å²) >= 11 is 3.90. The standard InChI is InChI=1S/C19H15BrO/c20-19(15-9-3-1-4-10-15,16-11-5-2-6-12-16)17-13-7-8-14-18(17)21/h1-14,21H. The molecule has 2 heteroatoms. The molecule has 3 aromatic rings. The van der Waals surface area contributed by atoms with Crippen molar-refractivity contribution in [2.24, 2.45) is 0 Å². The van der Waals surface area contributed by atoms with Gasteiger partial charge in [-0.05, 0) is 17.2 Å². The second-order valence-electron chi connectivity index (χ2n) is 4.91. The molecule has 0 aliphatic rings. The lowest BCUT2D eigenvalue weighted by Crippen LogP contribution is -2.21. The second kappa shape index (κ2) is 5.74. The lowest BCUT2D eigenvalue weighted by Gasteiger charge is -2.30. The minimum atomic E-state index is -0.569. The van der Waals surface area contributed by atoms with Crippen LogP contribution in [0.1, 0.15) is 16.7 Å². The minimum Gasteiger partial charge on any atom is -0.508 e. The maximum Gasteiger partial charge on any atom is 0.120 e. The molecule has 3 rings (SSSR count). The number of benzene rings is 3. The molecule has 0 aliphatic carbocycles. The largest absolute Gasteiger partial charge is 0.508 e. The van der Waals surface area contributed by atoms with E-state index < -0.39 is 4.32 Å².